The van der Waals surface area contributed by atoms with Gasteiger partial charge in [0, 0.05) is 6.54 Å². The molecule has 19 heavy (non-hydrogen) atoms. The molecule has 0 bridgehead atoms. The standard InChI is InChI=1S/C13H20N2O3S/c1-8(2)4-11(12(16)17)15-13(18)14-5-10-7-19-6-9(10)3/h6-8,11H,4-5H2,1-3H3,(H,16,17)(H2,14,15,18). The summed E-state index contributed by atoms with van der Waals surface area (Å²) in [5.74, 6) is -0.795. The molecule has 3 N–H and O–H groups in total. The van der Waals surface area contributed by atoms with E-state index in [1.54, 1.807) is 11.3 Å². The summed E-state index contributed by atoms with van der Waals surface area (Å²) < 4.78 is 0. The molecule has 0 fully saturated rings. The number of carboxylic acid groups (broad SMARTS) is 1. The van der Waals surface area contributed by atoms with Crippen LogP contribution in [0.15, 0.2) is 10.8 Å². The van der Waals surface area contributed by atoms with Crippen LogP contribution in [0.4, 0.5) is 4.79 Å². The summed E-state index contributed by atoms with van der Waals surface area (Å²) in [5, 5.41) is 18.2. The molecule has 1 heterocycles. The number of carbonyl (C=O) groups excluding carboxylic acids is 1. The molecule has 0 saturated heterocycles. The van der Waals surface area contributed by atoms with Crippen LogP contribution in [-0.4, -0.2) is 23.1 Å². The van der Waals surface area contributed by atoms with Crippen molar-refractivity contribution < 1.29 is 14.7 Å². The number of hydrogen-bond acceptors (Lipinski definition) is 3. The van der Waals surface area contributed by atoms with Crippen LogP contribution in [0.2, 0.25) is 0 Å². The Bertz CT molecular complexity index is 443. The van der Waals surface area contributed by atoms with Crippen molar-refractivity contribution in [3.63, 3.8) is 0 Å². The molecule has 0 aromatic carbocycles. The predicted molar refractivity (Wildman–Crippen MR) is 75.3 cm³/mol. The zero-order chi connectivity index (χ0) is 14.4. The van der Waals surface area contributed by atoms with Crippen molar-refractivity contribution in [3.8, 4) is 0 Å². The van der Waals surface area contributed by atoms with Gasteiger partial charge < -0.3 is 15.7 Å². The Morgan fingerprint density at radius 1 is 1.37 bits per heavy atom. The summed E-state index contributed by atoms with van der Waals surface area (Å²) >= 11 is 1.58. The topological polar surface area (TPSA) is 78.4 Å². The lowest BCUT2D eigenvalue weighted by Gasteiger charge is -2.16. The predicted octanol–water partition coefficient (Wildman–Crippen LogP) is 2.36. The van der Waals surface area contributed by atoms with Gasteiger partial charge in [-0.05, 0) is 41.1 Å². The number of carboxylic acids is 1. The van der Waals surface area contributed by atoms with Crippen LogP contribution < -0.4 is 10.6 Å². The number of aryl methyl sites for hydroxylation is 1. The first-order chi connectivity index (χ1) is 8.90. The molecule has 1 atom stereocenters. The highest BCUT2D eigenvalue weighted by atomic mass is 32.1. The Labute approximate surface area is 117 Å². The van der Waals surface area contributed by atoms with Gasteiger partial charge in [-0.2, -0.15) is 11.3 Å². The van der Waals surface area contributed by atoms with Crippen LogP contribution in [0.5, 0.6) is 0 Å². The van der Waals surface area contributed by atoms with Crippen molar-refractivity contribution in [1.82, 2.24) is 10.6 Å². The van der Waals surface area contributed by atoms with E-state index in [2.05, 4.69) is 10.6 Å². The van der Waals surface area contributed by atoms with Crippen molar-refractivity contribution in [2.24, 2.45) is 5.92 Å². The molecule has 1 rings (SSSR count). The van der Waals surface area contributed by atoms with Gasteiger partial charge in [-0.15, -0.1) is 0 Å². The van der Waals surface area contributed by atoms with Crippen LogP contribution in [-0.2, 0) is 11.3 Å². The van der Waals surface area contributed by atoms with Gasteiger partial charge in [-0.3, -0.25) is 0 Å². The van der Waals surface area contributed by atoms with Gasteiger partial charge in [0.15, 0.2) is 0 Å². The van der Waals surface area contributed by atoms with E-state index in [9.17, 15) is 9.59 Å². The first-order valence-electron chi connectivity index (χ1n) is 6.19. The van der Waals surface area contributed by atoms with Crippen LogP contribution >= 0.6 is 11.3 Å². The van der Waals surface area contributed by atoms with Crippen molar-refractivity contribution in [3.05, 3.63) is 21.9 Å². The van der Waals surface area contributed by atoms with Gasteiger partial charge in [-0.1, -0.05) is 13.8 Å². The summed E-state index contributed by atoms with van der Waals surface area (Å²) in [5.41, 5.74) is 2.18. The number of urea groups is 1. The molecule has 0 aliphatic rings. The van der Waals surface area contributed by atoms with Gasteiger partial charge >= 0.3 is 12.0 Å². The largest absolute Gasteiger partial charge is 0.480 e. The van der Waals surface area contributed by atoms with Gasteiger partial charge in [0.05, 0.1) is 0 Å². The summed E-state index contributed by atoms with van der Waals surface area (Å²) in [6, 6.07) is -1.29. The van der Waals surface area contributed by atoms with Crippen molar-refractivity contribution >= 4 is 23.3 Å². The number of hydrogen-bond donors (Lipinski definition) is 3. The Morgan fingerprint density at radius 2 is 2.05 bits per heavy atom. The average Bonchev–Trinajstić information content (AvgIpc) is 2.70. The highest BCUT2D eigenvalue weighted by molar-refractivity contribution is 7.08. The molecular weight excluding hydrogens is 264 g/mol. The second-order valence-corrected chi connectivity index (χ2v) is 5.67. The smallest absolute Gasteiger partial charge is 0.326 e. The molecule has 5 nitrogen and oxygen atoms in total. The Kier molecular flexibility index (Phi) is 5.82. The van der Waals surface area contributed by atoms with E-state index in [4.69, 9.17) is 5.11 Å². The van der Waals surface area contributed by atoms with E-state index >= 15 is 0 Å². The molecular formula is C13H20N2O3S. The third-order valence-electron chi connectivity index (χ3n) is 2.71. The number of carbonyl (C=O) groups is 2. The Balaban J connectivity index is 2.45. The molecule has 0 saturated carbocycles. The fraction of sp³-hybridized carbons (Fsp3) is 0.538. The van der Waals surface area contributed by atoms with E-state index in [0.29, 0.717) is 13.0 Å². The number of rotatable bonds is 6. The van der Waals surface area contributed by atoms with E-state index < -0.39 is 18.0 Å². The Morgan fingerprint density at radius 3 is 2.53 bits per heavy atom. The molecule has 106 valence electrons. The third kappa shape index (κ3) is 5.30. The van der Waals surface area contributed by atoms with Crippen molar-refractivity contribution in [1.29, 1.82) is 0 Å². The number of nitrogens with one attached hydrogen (secondary N) is 2. The first kappa shape index (κ1) is 15.5. The minimum absolute atomic E-state index is 0.209. The molecule has 1 aromatic heterocycles. The fourth-order valence-corrected chi connectivity index (χ4v) is 2.50. The second-order valence-electron chi connectivity index (χ2n) is 4.93. The maximum Gasteiger partial charge on any atom is 0.326 e. The third-order valence-corrected chi connectivity index (χ3v) is 3.62. The Hall–Kier alpha value is -1.56. The van der Waals surface area contributed by atoms with E-state index in [0.717, 1.165) is 11.1 Å². The minimum Gasteiger partial charge on any atom is -0.480 e. The van der Waals surface area contributed by atoms with E-state index in [1.807, 2.05) is 31.5 Å². The quantitative estimate of drug-likeness (QED) is 0.750. The molecule has 0 aliphatic heterocycles. The van der Waals surface area contributed by atoms with Crippen LogP contribution in [0.25, 0.3) is 0 Å². The maximum atomic E-state index is 11.7. The SMILES string of the molecule is Cc1cscc1CNC(=O)NC(CC(C)C)C(=O)O. The summed E-state index contributed by atoms with van der Waals surface area (Å²) in [7, 11) is 0. The number of amides is 2. The van der Waals surface area contributed by atoms with Gasteiger partial charge in [-0.25, -0.2) is 9.59 Å². The van der Waals surface area contributed by atoms with Gasteiger partial charge in [0.25, 0.3) is 0 Å². The summed E-state index contributed by atoms with van der Waals surface area (Å²) in [6.45, 7) is 6.23. The lowest BCUT2D eigenvalue weighted by molar-refractivity contribution is -0.139. The highest BCUT2D eigenvalue weighted by Gasteiger charge is 2.20. The molecule has 0 radical (unpaired) electrons. The van der Waals surface area contributed by atoms with E-state index in [-0.39, 0.29) is 5.92 Å². The number of thiophene rings is 1. The lowest BCUT2D eigenvalue weighted by atomic mass is 10.0. The minimum atomic E-state index is -1.00. The van der Waals surface area contributed by atoms with Crippen molar-refractivity contribution in [2.45, 2.75) is 39.8 Å². The molecule has 0 spiro atoms. The molecule has 1 aromatic rings. The van der Waals surface area contributed by atoms with E-state index in [1.165, 1.54) is 0 Å². The lowest BCUT2D eigenvalue weighted by Crippen LogP contribution is -2.46. The monoisotopic (exact) mass is 284 g/mol. The number of aliphatic carboxylic acids is 1. The first-order valence-corrected chi connectivity index (χ1v) is 7.13. The van der Waals surface area contributed by atoms with Crippen LogP contribution in [0, 0.1) is 12.8 Å². The zero-order valence-corrected chi connectivity index (χ0v) is 12.2. The summed E-state index contributed by atoms with van der Waals surface area (Å²) in [4.78, 5) is 22.7. The van der Waals surface area contributed by atoms with Gasteiger partial charge in [0.2, 0.25) is 0 Å². The molecule has 0 aliphatic carbocycles. The molecule has 2 amide bonds. The zero-order valence-electron chi connectivity index (χ0n) is 11.4. The second kappa shape index (κ2) is 7.13. The molecule has 6 heteroatoms. The average molecular weight is 284 g/mol. The van der Waals surface area contributed by atoms with Gasteiger partial charge in [0.1, 0.15) is 6.04 Å². The summed E-state index contributed by atoms with van der Waals surface area (Å²) in [6.07, 6.45) is 0.417. The molecule has 1 unspecified atom stereocenters. The van der Waals surface area contributed by atoms with Crippen molar-refractivity contribution in [2.75, 3.05) is 0 Å². The van der Waals surface area contributed by atoms with Crippen LogP contribution in [0.3, 0.4) is 0 Å². The maximum absolute atomic E-state index is 11.7. The normalized spacial score (nSPS) is 12.2. The fourth-order valence-electron chi connectivity index (χ4n) is 1.65. The van der Waals surface area contributed by atoms with Crippen LogP contribution in [0.1, 0.15) is 31.4 Å². The highest BCUT2D eigenvalue weighted by Crippen LogP contribution is 2.13.